The highest BCUT2D eigenvalue weighted by molar-refractivity contribution is 6.07. The molecule has 6 heteroatoms. The number of nitrogens with one attached hydrogen (secondary N) is 1. The van der Waals surface area contributed by atoms with E-state index in [1.807, 2.05) is 38.1 Å². The summed E-state index contributed by atoms with van der Waals surface area (Å²) in [7, 11) is 0. The van der Waals surface area contributed by atoms with E-state index >= 15 is 0 Å². The van der Waals surface area contributed by atoms with Crippen LogP contribution in [0.3, 0.4) is 0 Å². The van der Waals surface area contributed by atoms with Crippen LogP contribution in [0.15, 0.2) is 48.5 Å². The van der Waals surface area contributed by atoms with Crippen LogP contribution in [0.2, 0.25) is 0 Å². The fraction of sp³-hybridized carbons (Fsp3) is 0.400. The van der Waals surface area contributed by atoms with Gasteiger partial charge in [-0.2, -0.15) is 0 Å². The smallest absolute Gasteiger partial charge is 0.310 e. The lowest BCUT2D eigenvalue weighted by atomic mass is 9.79. The normalized spacial score (nSPS) is 27.8. The molecule has 1 saturated heterocycles. The molecule has 2 bridgehead atoms. The Balaban J connectivity index is 1.34. The summed E-state index contributed by atoms with van der Waals surface area (Å²) in [4.78, 5) is 40.2. The third-order valence-corrected chi connectivity index (χ3v) is 7.04. The number of aryl methyl sites for hydroxylation is 1. The molecule has 2 aliphatic carbocycles. The summed E-state index contributed by atoms with van der Waals surface area (Å²) in [5, 5.41) is 2.96. The summed E-state index contributed by atoms with van der Waals surface area (Å²) in [5.41, 5.74) is 3.01. The van der Waals surface area contributed by atoms with E-state index in [9.17, 15) is 14.4 Å². The van der Waals surface area contributed by atoms with Crippen molar-refractivity contribution in [3.05, 3.63) is 59.7 Å². The Hall–Kier alpha value is -3.15. The summed E-state index contributed by atoms with van der Waals surface area (Å²) in [6, 6.07) is 14.9. The van der Waals surface area contributed by atoms with Gasteiger partial charge in [0.2, 0.25) is 5.91 Å². The average molecular weight is 418 g/mol. The van der Waals surface area contributed by atoms with Crippen LogP contribution in [0.5, 0.6) is 0 Å². The number of nitrogens with zero attached hydrogens (tertiary/aromatic N) is 1. The summed E-state index contributed by atoms with van der Waals surface area (Å²) < 4.78 is 5.44. The first-order valence-electron chi connectivity index (χ1n) is 11.0. The van der Waals surface area contributed by atoms with Crippen molar-refractivity contribution < 1.29 is 19.1 Å². The molecular formula is C25H26N2O4. The highest BCUT2D eigenvalue weighted by atomic mass is 16.6. The lowest BCUT2D eigenvalue weighted by Crippen LogP contribution is -2.36. The molecule has 1 aliphatic heterocycles. The first-order valence-corrected chi connectivity index (χ1v) is 11.0. The highest BCUT2D eigenvalue weighted by Crippen LogP contribution is 2.57. The number of amides is 2. The molecular weight excluding hydrogens is 392 g/mol. The fourth-order valence-electron chi connectivity index (χ4n) is 5.71. The van der Waals surface area contributed by atoms with Gasteiger partial charge in [-0.15, -0.1) is 0 Å². The van der Waals surface area contributed by atoms with Crippen LogP contribution < -0.4 is 10.2 Å². The van der Waals surface area contributed by atoms with Crippen molar-refractivity contribution in [2.24, 2.45) is 23.7 Å². The van der Waals surface area contributed by atoms with Crippen molar-refractivity contribution in [1.82, 2.24) is 0 Å². The summed E-state index contributed by atoms with van der Waals surface area (Å²) >= 11 is 0. The zero-order chi connectivity index (χ0) is 21.7. The second kappa shape index (κ2) is 7.52. The fourth-order valence-corrected chi connectivity index (χ4v) is 5.71. The predicted molar refractivity (Wildman–Crippen MR) is 117 cm³/mol. The van der Waals surface area contributed by atoms with Crippen molar-refractivity contribution in [3.63, 3.8) is 0 Å². The maximum atomic E-state index is 13.2. The van der Waals surface area contributed by atoms with Crippen LogP contribution in [-0.4, -0.2) is 30.4 Å². The second-order valence-electron chi connectivity index (χ2n) is 8.88. The van der Waals surface area contributed by atoms with Crippen molar-refractivity contribution >= 4 is 29.2 Å². The molecule has 2 amide bonds. The zero-order valence-corrected chi connectivity index (χ0v) is 17.7. The lowest BCUT2D eigenvalue weighted by molar-refractivity contribution is -0.145. The highest BCUT2D eigenvalue weighted by Gasteiger charge is 2.63. The number of rotatable bonds is 5. The minimum atomic E-state index is -0.338. The van der Waals surface area contributed by atoms with E-state index in [0.717, 1.165) is 24.1 Å². The van der Waals surface area contributed by atoms with Crippen LogP contribution in [0, 0.1) is 30.6 Å². The van der Waals surface area contributed by atoms with Crippen LogP contribution in [-0.2, 0) is 14.3 Å². The minimum Gasteiger partial charge on any atom is -0.462 e. The number of hydrogen-bond donors (Lipinski definition) is 1. The molecule has 3 fully saturated rings. The quantitative estimate of drug-likeness (QED) is 0.750. The third kappa shape index (κ3) is 3.30. The Morgan fingerprint density at radius 3 is 2.71 bits per heavy atom. The largest absolute Gasteiger partial charge is 0.462 e. The number of carbonyl (C=O) groups is 3. The van der Waals surface area contributed by atoms with Gasteiger partial charge in [-0.05, 0) is 68.5 Å². The van der Waals surface area contributed by atoms with Crippen molar-refractivity contribution in [2.45, 2.75) is 32.8 Å². The molecule has 0 spiro atoms. The molecule has 5 rings (SSSR count). The van der Waals surface area contributed by atoms with E-state index in [0.29, 0.717) is 17.8 Å². The molecule has 3 aliphatic rings. The maximum Gasteiger partial charge on any atom is 0.310 e. The molecule has 0 aromatic heterocycles. The summed E-state index contributed by atoms with van der Waals surface area (Å²) in [6.45, 7) is 4.47. The average Bonchev–Trinajstić information content (AvgIpc) is 3.37. The lowest BCUT2D eigenvalue weighted by Gasteiger charge is -2.24. The topological polar surface area (TPSA) is 75.7 Å². The number of anilines is 2. The van der Waals surface area contributed by atoms with Gasteiger partial charge in [-0.3, -0.25) is 14.4 Å². The minimum absolute atomic E-state index is 0.00847. The maximum absolute atomic E-state index is 13.2. The molecule has 0 radical (unpaired) electrons. The Morgan fingerprint density at radius 1 is 1.13 bits per heavy atom. The van der Waals surface area contributed by atoms with Crippen molar-refractivity contribution in [1.29, 1.82) is 0 Å². The predicted octanol–water partition coefficient (Wildman–Crippen LogP) is 3.80. The molecule has 1 heterocycles. The van der Waals surface area contributed by atoms with Gasteiger partial charge in [0.05, 0.1) is 11.8 Å². The van der Waals surface area contributed by atoms with E-state index in [1.165, 1.54) is 0 Å². The number of ether oxygens (including phenoxy) is 1. The van der Waals surface area contributed by atoms with Gasteiger partial charge in [0.25, 0.3) is 5.91 Å². The van der Waals surface area contributed by atoms with Gasteiger partial charge in [0, 0.05) is 29.4 Å². The number of benzene rings is 2. The second-order valence-corrected chi connectivity index (χ2v) is 8.88. The van der Waals surface area contributed by atoms with E-state index in [-0.39, 0.29) is 47.6 Å². The van der Waals surface area contributed by atoms with Gasteiger partial charge >= 0.3 is 5.97 Å². The molecule has 0 unspecified atom stereocenters. The molecule has 6 nitrogen and oxygen atoms in total. The third-order valence-electron chi connectivity index (χ3n) is 7.04. The molecule has 2 saturated carbocycles. The number of esters is 1. The Morgan fingerprint density at radius 2 is 1.94 bits per heavy atom. The van der Waals surface area contributed by atoms with Gasteiger partial charge in [-0.25, -0.2) is 0 Å². The Labute approximate surface area is 181 Å². The number of hydrogen-bond acceptors (Lipinski definition) is 4. The van der Waals surface area contributed by atoms with Gasteiger partial charge in [0.15, 0.2) is 0 Å². The van der Waals surface area contributed by atoms with Crippen LogP contribution in [0.1, 0.15) is 35.7 Å². The first-order chi connectivity index (χ1) is 15.0. The Kier molecular flexibility index (Phi) is 4.80. The molecule has 160 valence electrons. The van der Waals surface area contributed by atoms with Gasteiger partial charge < -0.3 is 15.0 Å². The van der Waals surface area contributed by atoms with Crippen LogP contribution in [0.4, 0.5) is 11.4 Å². The van der Waals surface area contributed by atoms with E-state index in [4.69, 9.17) is 4.74 Å². The van der Waals surface area contributed by atoms with Crippen molar-refractivity contribution in [3.8, 4) is 0 Å². The molecule has 2 aromatic carbocycles. The van der Waals surface area contributed by atoms with Crippen LogP contribution in [0.25, 0.3) is 0 Å². The number of carbonyl (C=O) groups excluding carboxylic acids is 3. The molecule has 31 heavy (non-hydrogen) atoms. The summed E-state index contributed by atoms with van der Waals surface area (Å²) in [5.74, 6) is -0.755. The SMILES string of the molecule is CCN(C(=O)c1cccc(NC(=O)[C@H]2[C@@H]3C[C@@H]4[C@H]2C(=O)O[C@@H]4C3)c1)c1cccc(C)c1. The van der Waals surface area contributed by atoms with E-state index < -0.39 is 0 Å². The molecule has 1 N–H and O–H groups in total. The first kappa shape index (κ1) is 19.8. The van der Waals surface area contributed by atoms with Gasteiger partial charge in [-0.1, -0.05) is 18.2 Å². The van der Waals surface area contributed by atoms with E-state index in [1.54, 1.807) is 29.2 Å². The van der Waals surface area contributed by atoms with Crippen LogP contribution >= 0.6 is 0 Å². The van der Waals surface area contributed by atoms with E-state index in [2.05, 4.69) is 5.32 Å². The molecule has 2 aromatic rings. The monoisotopic (exact) mass is 418 g/mol. The zero-order valence-electron chi connectivity index (χ0n) is 17.7. The number of fused-ring (bicyclic) bond motifs is 1. The standard InChI is InChI=1S/C25H26N2O4/c1-3-27(18-9-4-6-14(2)10-18)24(29)15-7-5-8-17(11-15)26-23(28)21-16-12-19-20(13-16)31-25(30)22(19)21/h4-11,16,19-22H,3,12-13H2,1-2H3,(H,26,28)/t16-,19+,20-,21+,22-/m1/s1. The molecule has 5 atom stereocenters. The summed E-state index contributed by atoms with van der Waals surface area (Å²) in [6.07, 6.45) is 1.68. The Bertz CT molecular complexity index is 1060. The van der Waals surface area contributed by atoms with Crippen molar-refractivity contribution in [2.75, 3.05) is 16.8 Å². The van der Waals surface area contributed by atoms with Gasteiger partial charge in [0.1, 0.15) is 6.10 Å².